The number of halogens is 2. The van der Waals surface area contributed by atoms with Crippen LogP contribution in [0.15, 0.2) is 18.2 Å². The minimum Gasteiger partial charge on any atom is -0.479 e. The molecule has 2 atom stereocenters. The molecule has 5 nitrogen and oxygen atoms in total. The normalized spacial score (nSPS) is 13.1. The standard InChI is InChI=1S/C17H23Cl2NO4/c1-5-11(2)20(9-8-16(21)23-4)17(22)12(3)24-15-7-6-13(18)10-14(15)19/h6-7,10-12H,5,8-9H2,1-4H3. The van der Waals surface area contributed by atoms with Crippen LogP contribution in [-0.4, -0.2) is 42.6 Å². The molecule has 1 amide bonds. The summed E-state index contributed by atoms with van der Waals surface area (Å²) in [6.45, 7) is 5.84. The fraction of sp³-hybridized carbons (Fsp3) is 0.529. The molecule has 0 aromatic heterocycles. The quantitative estimate of drug-likeness (QED) is 0.645. The molecule has 0 fully saturated rings. The summed E-state index contributed by atoms with van der Waals surface area (Å²) in [4.78, 5) is 25.7. The van der Waals surface area contributed by atoms with E-state index in [0.717, 1.165) is 6.42 Å². The van der Waals surface area contributed by atoms with Crippen LogP contribution >= 0.6 is 23.2 Å². The first-order valence-electron chi connectivity index (χ1n) is 7.79. The molecule has 24 heavy (non-hydrogen) atoms. The van der Waals surface area contributed by atoms with Gasteiger partial charge in [0.05, 0.1) is 18.6 Å². The fourth-order valence-electron chi connectivity index (χ4n) is 2.13. The first-order chi connectivity index (χ1) is 11.3. The molecule has 0 heterocycles. The second-order valence-electron chi connectivity index (χ2n) is 5.45. The SMILES string of the molecule is CCC(C)N(CCC(=O)OC)C(=O)C(C)Oc1ccc(Cl)cc1Cl. The summed E-state index contributed by atoms with van der Waals surface area (Å²) in [5.41, 5.74) is 0. The van der Waals surface area contributed by atoms with E-state index in [1.165, 1.54) is 7.11 Å². The number of carbonyl (C=O) groups excluding carboxylic acids is 2. The molecule has 0 saturated heterocycles. The molecule has 134 valence electrons. The van der Waals surface area contributed by atoms with Crippen molar-refractivity contribution in [2.75, 3.05) is 13.7 Å². The van der Waals surface area contributed by atoms with Gasteiger partial charge in [0.25, 0.3) is 5.91 Å². The predicted molar refractivity (Wildman–Crippen MR) is 94.7 cm³/mol. The van der Waals surface area contributed by atoms with Crippen LogP contribution in [0.3, 0.4) is 0 Å². The molecule has 1 aromatic rings. The lowest BCUT2D eigenvalue weighted by Crippen LogP contribution is -2.46. The number of ether oxygens (including phenoxy) is 2. The van der Waals surface area contributed by atoms with Gasteiger partial charge in [0.15, 0.2) is 6.10 Å². The minimum atomic E-state index is -0.740. The lowest BCUT2D eigenvalue weighted by atomic mass is 10.2. The molecule has 0 radical (unpaired) electrons. The van der Waals surface area contributed by atoms with Gasteiger partial charge in [-0.2, -0.15) is 0 Å². The van der Waals surface area contributed by atoms with Crippen molar-refractivity contribution in [1.29, 1.82) is 0 Å². The van der Waals surface area contributed by atoms with Gasteiger partial charge in [0.2, 0.25) is 0 Å². The minimum absolute atomic E-state index is 0.0195. The molecule has 0 bridgehead atoms. The first kappa shape index (κ1) is 20.6. The summed E-state index contributed by atoms with van der Waals surface area (Å²) in [6.07, 6.45) is 0.165. The van der Waals surface area contributed by atoms with Gasteiger partial charge >= 0.3 is 5.97 Å². The highest BCUT2D eigenvalue weighted by molar-refractivity contribution is 6.35. The van der Waals surface area contributed by atoms with Crippen molar-refractivity contribution in [2.45, 2.75) is 45.8 Å². The molecular formula is C17H23Cl2NO4. The summed E-state index contributed by atoms with van der Waals surface area (Å²) >= 11 is 11.9. The Kier molecular flexibility index (Phi) is 8.36. The Morgan fingerprint density at radius 3 is 2.46 bits per heavy atom. The van der Waals surface area contributed by atoms with Gasteiger partial charge in [-0.25, -0.2) is 0 Å². The number of amides is 1. The summed E-state index contributed by atoms with van der Waals surface area (Å²) < 4.78 is 10.3. The van der Waals surface area contributed by atoms with Crippen LogP contribution in [-0.2, 0) is 14.3 Å². The van der Waals surface area contributed by atoms with Gasteiger partial charge in [-0.15, -0.1) is 0 Å². The zero-order valence-corrected chi connectivity index (χ0v) is 15.9. The van der Waals surface area contributed by atoms with Crippen LogP contribution in [0, 0.1) is 0 Å². The van der Waals surface area contributed by atoms with E-state index in [-0.39, 0.29) is 30.9 Å². The van der Waals surface area contributed by atoms with Crippen LogP contribution < -0.4 is 4.74 Å². The summed E-state index contributed by atoms with van der Waals surface area (Å²) in [6, 6.07) is 4.80. The van der Waals surface area contributed by atoms with Gasteiger partial charge in [-0.1, -0.05) is 30.1 Å². The number of nitrogens with zero attached hydrogens (tertiary/aromatic N) is 1. The van der Waals surface area contributed by atoms with E-state index in [9.17, 15) is 9.59 Å². The maximum absolute atomic E-state index is 12.7. The molecule has 0 aliphatic heterocycles. The smallest absolute Gasteiger partial charge is 0.307 e. The Bertz CT molecular complexity index is 580. The van der Waals surface area contributed by atoms with Gasteiger partial charge in [-0.3, -0.25) is 9.59 Å². The summed E-state index contributed by atoms with van der Waals surface area (Å²) in [5, 5.41) is 0.831. The van der Waals surface area contributed by atoms with E-state index in [0.29, 0.717) is 15.8 Å². The topological polar surface area (TPSA) is 55.8 Å². The second kappa shape index (κ2) is 9.74. The van der Waals surface area contributed by atoms with E-state index in [1.807, 2.05) is 13.8 Å². The third kappa shape index (κ3) is 5.87. The maximum Gasteiger partial charge on any atom is 0.307 e. The van der Waals surface area contributed by atoms with E-state index in [1.54, 1.807) is 30.0 Å². The third-order valence-corrected chi connectivity index (χ3v) is 4.27. The molecule has 0 aliphatic rings. The van der Waals surface area contributed by atoms with Gasteiger partial charge in [-0.05, 0) is 38.5 Å². The Hall–Kier alpha value is -1.46. The molecule has 1 rings (SSSR count). The van der Waals surface area contributed by atoms with Crippen molar-refractivity contribution < 1.29 is 19.1 Å². The number of rotatable bonds is 8. The van der Waals surface area contributed by atoms with Crippen molar-refractivity contribution in [2.24, 2.45) is 0 Å². The zero-order chi connectivity index (χ0) is 18.3. The highest BCUT2D eigenvalue weighted by Crippen LogP contribution is 2.28. The molecular weight excluding hydrogens is 353 g/mol. The zero-order valence-electron chi connectivity index (χ0n) is 14.3. The summed E-state index contributed by atoms with van der Waals surface area (Å²) in [7, 11) is 1.33. The maximum atomic E-state index is 12.7. The Balaban J connectivity index is 2.81. The van der Waals surface area contributed by atoms with Crippen molar-refractivity contribution in [1.82, 2.24) is 4.90 Å². The highest BCUT2D eigenvalue weighted by atomic mass is 35.5. The predicted octanol–water partition coefficient (Wildman–Crippen LogP) is 3.95. The highest BCUT2D eigenvalue weighted by Gasteiger charge is 2.26. The number of hydrogen-bond acceptors (Lipinski definition) is 4. The van der Waals surface area contributed by atoms with E-state index in [4.69, 9.17) is 27.9 Å². The van der Waals surface area contributed by atoms with Crippen LogP contribution in [0.5, 0.6) is 5.75 Å². The molecule has 1 aromatic carbocycles. The monoisotopic (exact) mass is 375 g/mol. The van der Waals surface area contributed by atoms with Crippen molar-refractivity contribution >= 4 is 35.1 Å². The van der Waals surface area contributed by atoms with Gasteiger partial charge in [0, 0.05) is 17.6 Å². The Morgan fingerprint density at radius 2 is 1.92 bits per heavy atom. The van der Waals surface area contributed by atoms with E-state index >= 15 is 0 Å². The number of carbonyl (C=O) groups is 2. The van der Waals surface area contributed by atoms with Crippen LogP contribution in [0.25, 0.3) is 0 Å². The van der Waals surface area contributed by atoms with Crippen LogP contribution in [0.4, 0.5) is 0 Å². The molecule has 0 spiro atoms. The largest absolute Gasteiger partial charge is 0.479 e. The van der Waals surface area contributed by atoms with Crippen LogP contribution in [0.1, 0.15) is 33.6 Å². The van der Waals surface area contributed by atoms with Crippen molar-refractivity contribution in [3.05, 3.63) is 28.2 Å². The van der Waals surface area contributed by atoms with Crippen molar-refractivity contribution in [3.63, 3.8) is 0 Å². The number of methoxy groups -OCH3 is 1. The number of esters is 1. The average Bonchev–Trinajstić information content (AvgIpc) is 2.56. The number of benzene rings is 1. The molecule has 0 saturated carbocycles. The van der Waals surface area contributed by atoms with Gasteiger partial charge in [0.1, 0.15) is 5.75 Å². The third-order valence-electron chi connectivity index (χ3n) is 3.74. The molecule has 0 N–H and O–H groups in total. The lowest BCUT2D eigenvalue weighted by Gasteiger charge is -2.31. The number of hydrogen-bond donors (Lipinski definition) is 0. The van der Waals surface area contributed by atoms with Crippen molar-refractivity contribution in [3.8, 4) is 5.75 Å². The van der Waals surface area contributed by atoms with E-state index < -0.39 is 6.10 Å². The fourth-order valence-corrected chi connectivity index (χ4v) is 2.58. The first-order valence-corrected chi connectivity index (χ1v) is 8.54. The lowest BCUT2D eigenvalue weighted by molar-refractivity contribution is -0.144. The van der Waals surface area contributed by atoms with Crippen LogP contribution in [0.2, 0.25) is 10.0 Å². The Labute approximate surface area is 152 Å². The molecule has 2 unspecified atom stereocenters. The second-order valence-corrected chi connectivity index (χ2v) is 6.29. The van der Waals surface area contributed by atoms with Gasteiger partial charge < -0.3 is 14.4 Å². The average molecular weight is 376 g/mol. The molecule has 0 aliphatic carbocycles. The van der Waals surface area contributed by atoms with E-state index in [2.05, 4.69) is 4.74 Å². The molecule has 7 heteroatoms. The summed E-state index contributed by atoms with van der Waals surface area (Å²) in [5.74, 6) is -0.177. The Morgan fingerprint density at radius 1 is 1.25 bits per heavy atom.